The Bertz CT molecular complexity index is 1600. The summed E-state index contributed by atoms with van der Waals surface area (Å²) in [7, 11) is 2.99. The molecule has 4 rings (SSSR count). The van der Waals surface area contributed by atoms with Crippen LogP contribution in [0.25, 0.3) is 11.2 Å². The van der Waals surface area contributed by atoms with Crippen molar-refractivity contribution in [3.05, 3.63) is 71.5 Å². The SMILES string of the molecule is COc1ccc(CCn2c(N=Nc3c(O)[nH]c(=O)[nH]c3=O)nc3c2c(=O)[nH]c(=O)n3C)cc1. The van der Waals surface area contributed by atoms with Crippen molar-refractivity contribution < 1.29 is 9.84 Å². The van der Waals surface area contributed by atoms with Crippen molar-refractivity contribution in [2.45, 2.75) is 13.0 Å². The molecular weight excluding hydrogens is 436 g/mol. The Hall–Kier alpha value is -4.75. The van der Waals surface area contributed by atoms with Crippen molar-refractivity contribution in [2.75, 3.05) is 7.11 Å². The van der Waals surface area contributed by atoms with E-state index in [1.807, 2.05) is 22.1 Å². The van der Waals surface area contributed by atoms with Crippen molar-refractivity contribution in [2.24, 2.45) is 17.3 Å². The van der Waals surface area contributed by atoms with E-state index in [4.69, 9.17) is 4.74 Å². The van der Waals surface area contributed by atoms with Crippen LogP contribution in [0.4, 0.5) is 11.6 Å². The van der Waals surface area contributed by atoms with Crippen LogP contribution in [0.1, 0.15) is 5.56 Å². The number of aromatic amines is 3. The van der Waals surface area contributed by atoms with E-state index in [1.54, 1.807) is 19.2 Å². The summed E-state index contributed by atoms with van der Waals surface area (Å²) in [5.41, 5.74) is -2.68. The highest BCUT2D eigenvalue weighted by Crippen LogP contribution is 2.23. The van der Waals surface area contributed by atoms with Crippen molar-refractivity contribution in [3.8, 4) is 11.6 Å². The van der Waals surface area contributed by atoms with E-state index in [9.17, 15) is 24.3 Å². The first-order chi connectivity index (χ1) is 15.8. The lowest BCUT2D eigenvalue weighted by molar-refractivity contribution is 0.414. The molecule has 0 bridgehead atoms. The Morgan fingerprint density at radius 3 is 2.42 bits per heavy atom. The summed E-state index contributed by atoms with van der Waals surface area (Å²) < 4.78 is 7.73. The molecule has 33 heavy (non-hydrogen) atoms. The van der Waals surface area contributed by atoms with Crippen LogP contribution < -0.4 is 27.2 Å². The predicted molar refractivity (Wildman–Crippen MR) is 116 cm³/mol. The van der Waals surface area contributed by atoms with E-state index in [0.29, 0.717) is 12.2 Å². The number of aromatic nitrogens is 6. The molecule has 1 aromatic carbocycles. The molecule has 0 saturated carbocycles. The molecule has 4 aromatic rings. The number of aryl methyl sites for hydroxylation is 3. The summed E-state index contributed by atoms with van der Waals surface area (Å²) in [6, 6.07) is 7.31. The average Bonchev–Trinajstić information content (AvgIpc) is 3.15. The Kier molecular flexibility index (Phi) is 5.47. The Labute approximate surface area is 182 Å². The molecule has 0 saturated heterocycles. The molecule has 14 nitrogen and oxygen atoms in total. The van der Waals surface area contributed by atoms with E-state index in [1.165, 1.54) is 11.6 Å². The second kappa shape index (κ2) is 8.41. The van der Waals surface area contributed by atoms with Gasteiger partial charge in [-0.3, -0.25) is 29.1 Å². The number of nitrogens with one attached hydrogen (secondary N) is 3. The van der Waals surface area contributed by atoms with E-state index in [2.05, 4.69) is 20.2 Å². The molecule has 0 unspecified atom stereocenters. The summed E-state index contributed by atoms with van der Waals surface area (Å²) in [6.07, 6.45) is 0.463. The molecule has 3 heterocycles. The summed E-state index contributed by atoms with van der Waals surface area (Å²) in [4.78, 5) is 58.1. The number of benzene rings is 1. The predicted octanol–water partition coefficient (Wildman–Crippen LogP) is 0.172. The molecule has 0 atom stereocenters. The number of imidazole rings is 1. The smallest absolute Gasteiger partial charge is 0.329 e. The highest BCUT2D eigenvalue weighted by atomic mass is 16.5. The molecule has 0 spiro atoms. The number of azo groups is 1. The summed E-state index contributed by atoms with van der Waals surface area (Å²) in [5.74, 6) is -0.174. The first kappa shape index (κ1) is 21.5. The molecule has 14 heteroatoms. The number of nitrogens with zero attached hydrogens (tertiary/aromatic N) is 5. The van der Waals surface area contributed by atoms with Crippen LogP contribution in [0.2, 0.25) is 0 Å². The number of fused-ring (bicyclic) bond motifs is 1. The second-order valence-electron chi connectivity index (χ2n) is 6.96. The molecule has 170 valence electrons. The van der Waals surface area contributed by atoms with Crippen molar-refractivity contribution in [1.29, 1.82) is 0 Å². The number of rotatable bonds is 6. The van der Waals surface area contributed by atoms with Crippen molar-refractivity contribution >= 4 is 22.8 Å². The molecule has 0 aliphatic heterocycles. The van der Waals surface area contributed by atoms with Crippen LogP contribution in [0.3, 0.4) is 0 Å². The van der Waals surface area contributed by atoms with Crippen molar-refractivity contribution in [1.82, 2.24) is 29.1 Å². The van der Waals surface area contributed by atoms with E-state index >= 15 is 0 Å². The van der Waals surface area contributed by atoms with Gasteiger partial charge in [-0.1, -0.05) is 12.1 Å². The quantitative estimate of drug-likeness (QED) is 0.298. The summed E-state index contributed by atoms with van der Waals surface area (Å²) >= 11 is 0. The standard InChI is InChI=1S/C19H18N8O6/c1-26-13-12(16(30)23-19(26)32)27(8-7-9-3-5-10(33-2)6-4-9)17(20-13)25-24-11-14(28)21-18(31)22-15(11)29/h3-6H,7-8H2,1-2H3,(H,23,30,32)(H3,21,22,28,29,31). The van der Waals surface area contributed by atoms with Gasteiger partial charge in [-0.15, -0.1) is 10.2 Å². The van der Waals surface area contributed by atoms with Gasteiger partial charge in [0.1, 0.15) is 5.75 Å². The zero-order valence-electron chi connectivity index (χ0n) is 17.4. The van der Waals surface area contributed by atoms with Crippen LogP contribution in [0, 0.1) is 0 Å². The van der Waals surface area contributed by atoms with Gasteiger partial charge in [0, 0.05) is 13.6 Å². The fraction of sp³-hybridized carbons (Fsp3) is 0.211. The Morgan fingerprint density at radius 1 is 1.03 bits per heavy atom. The van der Waals surface area contributed by atoms with Crippen LogP contribution in [-0.4, -0.2) is 41.3 Å². The van der Waals surface area contributed by atoms with Crippen LogP contribution in [-0.2, 0) is 20.0 Å². The number of methoxy groups -OCH3 is 1. The summed E-state index contributed by atoms with van der Waals surface area (Å²) in [6.45, 7) is 0.229. The highest BCUT2D eigenvalue weighted by molar-refractivity contribution is 5.73. The first-order valence-corrected chi connectivity index (χ1v) is 9.58. The van der Waals surface area contributed by atoms with Gasteiger partial charge in [-0.2, -0.15) is 4.98 Å². The lowest BCUT2D eigenvalue weighted by Gasteiger charge is -2.07. The van der Waals surface area contributed by atoms with Crippen LogP contribution in [0.5, 0.6) is 11.6 Å². The molecule has 0 fully saturated rings. The van der Waals surface area contributed by atoms with Gasteiger partial charge in [0.2, 0.25) is 11.6 Å². The van der Waals surface area contributed by atoms with Gasteiger partial charge in [0.05, 0.1) is 7.11 Å². The number of H-pyrrole nitrogens is 3. The zero-order valence-corrected chi connectivity index (χ0v) is 17.4. The first-order valence-electron chi connectivity index (χ1n) is 9.58. The minimum atomic E-state index is -0.967. The fourth-order valence-corrected chi connectivity index (χ4v) is 3.20. The Morgan fingerprint density at radius 2 is 1.76 bits per heavy atom. The Balaban J connectivity index is 1.81. The highest BCUT2D eigenvalue weighted by Gasteiger charge is 2.18. The van der Waals surface area contributed by atoms with Crippen molar-refractivity contribution in [3.63, 3.8) is 0 Å². The van der Waals surface area contributed by atoms with Gasteiger partial charge in [0.15, 0.2) is 11.2 Å². The second-order valence-corrected chi connectivity index (χ2v) is 6.96. The number of ether oxygens (including phenoxy) is 1. The monoisotopic (exact) mass is 454 g/mol. The maximum atomic E-state index is 12.5. The van der Waals surface area contributed by atoms with Gasteiger partial charge in [-0.05, 0) is 24.1 Å². The molecule has 0 amide bonds. The molecule has 0 aliphatic rings. The maximum absolute atomic E-state index is 12.5. The number of hydrogen-bond acceptors (Lipinski definition) is 9. The topological polar surface area (TPSA) is 193 Å². The van der Waals surface area contributed by atoms with E-state index in [0.717, 1.165) is 10.1 Å². The largest absolute Gasteiger partial charge is 0.497 e. The van der Waals surface area contributed by atoms with E-state index < -0.39 is 34.1 Å². The zero-order chi connectivity index (χ0) is 23.7. The molecule has 3 aromatic heterocycles. The van der Waals surface area contributed by atoms with Gasteiger partial charge < -0.3 is 14.4 Å². The molecular formula is C19H18N8O6. The lowest BCUT2D eigenvalue weighted by Crippen LogP contribution is -2.29. The molecule has 0 radical (unpaired) electrons. The maximum Gasteiger partial charge on any atom is 0.329 e. The van der Waals surface area contributed by atoms with Gasteiger partial charge >= 0.3 is 11.4 Å². The normalized spacial score (nSPS) is 11.5. The number of aromatic hydroxyl groups is 1. The fourth-order valence-electron chi connectivity index (χ4n) is 3.20. The third-order valence-corrected chi connectivity index (χ3v) is 4.91. The minimum Gasteiger partial charge on any atom is -0.497 e. The lowest BCUT2D eigenvalue weighted by atomic mass is 10.1. The van der Waals surface area contributed by atoms with Crippen LogP contribution >= 0.6 is 0 Å². The van der Waals surface area contributed by atoms with Crippen LogP contribution in [0.15, 0.2) is 53.7 Å². The molecule has 4 N–H and O–H groups in total. The van der Waals surface area contributed by atoms with Gasteiger partial charge in [0.25, 0.3) is 17.1 Å². The van der Waals surface area contributed by atoms with E-state index in [-0.39, 0.29) is 23.7 Å². The third kappa shape index (κ3) is 4.08. The third-order valence-electron chi connectivity index (χ3n) is 4.91. The number of hydrogen-bond donors (Lipinski definition) is 4. The molecule has 0 aliphatic carbocycles. The van der Waals surface area contributed by atoms with Gasteiger partial charge in [-0.25, -0.2) is 9.59 Å². The summed E-state index contributed by atoms with van der Waals surface area (Å²) in [5, 5.41) is 17.4. The average molecular weight is 454 g/mol. The minimum absolute atomic E-state index is 0.0621.